The smallest absolute Gasteiger partial charge is 0.309 e. The molecular formula is C21H34O11. The van der Waals surface area contributed by atoms with Gasteiger partial charge in [0.1, 0.15) is 24.4 Å². The maximum atomic E-state index is 12.2. The second-order valence-electron chi connectivity index (χ2n) is 9.13. The summed E-state index contributed by atoms with van der Waals surface area (Å²) in [6.45, 7) is 2.77. The van der Waals surface area contributed by atoms with Gasteiger partial charge in [-0.15, -0.1) is 0 Å². The zero-order valence-corrected chi connectivity index (χ0v) is 18.2. The molecule has 11 nitrogen and oxygen atoms in total. The number of carbonyl (C=O) groups excluding carboxylic acids is 1. The molecule has 0 aromatic heterocycles. The average molecular weight is 462 g/mol. The Morgan fingerprint density at radius 2 is 1.81 bits per heavy atom. The normalized spacial score (nSPS) is 41.7. The molecule has 184 valence electrons. The van der Waals surface area contributed by atoms with E-state index in [0.29, 0.717) is 12.0 Å². The summed E-state index contributed by atoms with van der Waals surface area (Å²) in [6.07, 6.45) is -6.92. The van der Waals surface area contributed by atoms with Gasteiger partial charge in [-0.05, 0) is 23.8 Å². The van der Waals surface area contributed by atoms with Crippen molar-refractivity contribution in [3.63, 3.8) is 0 Å². The van der Waals surface area contributed by atoms with E-state index in [1.165, 1.54) is 6.26 Å². The summed E-state index contributed by atoms with van der Waals surface area (Å²) in [7, 11) is 0. The van der Waals surface area contributed by atoms with Crippen LogP contribution in [0.25, 0.3) is 0 Å². The number of fused-ring (bicyclic) bond motifs is 1. The van der Waals surface area contributed by atoms with Crippen LogP contribution in [0.4, 0.5) is 0 Å². The van der Waals surface area contributed by atoms with E-state index in [1.54, 1.807) is 0 Å². The predicted molar refractivity (Wildman–Crippen MR) is 106 cm³/mol. The highest BCUT2D eigenvalue weighted by Crippen LogP contribution is 2.47. The molecule has 0 amide bonds. The van der Waals surface area contributed by atoms with Crippen LogP contribution in [0.3, 0.4) is 0 Å². The van der Waals surface area contributed by atoms with Gasteiger partial charge in [-0.25, -0.2) is 0 Å². The number of aliphatic hydroxyl groups is 6. The molecule has 0 bridgehead atoms. The molecule has 3 rings (SSSR count). The highest BCUT2D eigenvalue weighted by Gasteiger charge is 2.52. The first-order valence-corrected chi connectivity index (χ1v) is 10.9. The van der Waals surface area contributed by atoms with Gasteiger partial charge >= 0.3 is 5.97 Å². The topological polar surface area (TPSA) is 175 Å². The highest BCUT2D eigenvalue weighted by atomic mass is 16.7. The molecule has 1 aliphatic carbocycles. The second-order valence-corrected chi connectivity index (χ2v) is 9.13. The van der Waals surface area contributed by atoms with Crippen molar-refractivity contribution in [1.82, 2.24) is 0 Å². The van der Waals surface area contributed by atoms with Gasteiger partial charge in [0.25, 0.3) is 0 Å². The van der Waals surface area contributed by atoms with E-state index in [0.717, 1.165) is 0 Å². The number of esters is 1. The van der Waals surface area contributed by atoms with Crippen LogP contribution in [0, 0.1) is 23.7 Å². The predicted octanol–water partition coefficient (Wildman–Crippen LogP) is -1.76. The summed E-state index contributed by atoms with van der Waals surface area (Å²) in [5.74, 6) is -1.71. The number of carbonyl (C=O) groups is 1. The van der Waals surface area contributed by atoms with E-state index in [4.69, 9.17) is 18.9 Å². The maximum absolute atomic E-state index is 12.2. The molecule has 0 unspecified atom stereocenters. The Labute approximate surface area is 186 Å². The third-order valence-electron chi connectivity index (χ3n) is 6.39. The minimum atomic E-state index is -1.56. The summed E-state index contributed by atoms with van der Waals surface area (Å²) in [6, 6.07) is 0. The molecule has 6 N–H and O–H groups in total. The van der Waals surface area contributed by atoms with E-state index >= 15 is 0 Å². The van der Waals surface area contributed by atoms with Crippen LogP contribution >= 0.6 is 0 Å². The Bertz CT molecular complexity index is 666. The number of hydrogen-bond donors (Lipinski definition) is 6. The lowest BCUT2D eigenvalue weighted by Gasteiger charge is -2.40. The Hall–Kier alpha value is -1.31. The summed E-state index contributed by atoms with van der Waals surface area (Å²) in [5.41, 5.74) is 0.595. The van der Waals surface area contributed by atoms with Crippen molar-refractivity contribution >= 4 is 5.97 Å². The summed E-state index contributed by atoms with van der Waals surface area (Å²) in [5, 5.41) is 59.5. The van der Waals surface area contributed by atoms with Gasteiger partial charge in [0.15, 0.2) is 6.29 Å². The molecule has 2 heterocycles. The Morgan fingerprint density at radius 1 is 1.09 bits per heavy atom. The lowest BCUT2D eigenvalue weighted by molar-refractivity contribution is -0.299. The number of aliphatic hydroxyl groups excluding tert-OH is 6. The van der Waals surface area contributed by atoms with E-state index in [2.05, 4.69) is 0 Å². The van der Waals surface area contributed by atoms with E-state index in [9.17, 15) is 35.4 Å². The standard InChI is InChI=1S/C21H34O11/c1-9(2)3-15(25)32-20-16-11(4-13(24)12(16)5-22)10(7-29-20)8-30-21-19(28)18(27)17(26)14(6-23)31-21/h7,9,11-14,16-24,26-28H,3-6,8H2,1-2H3/t11-,12+,13+,14-,16+,17-,18+,19-,20+,21-/m1/s1. The first-order valence-electron chi connectivity index (χ1n) is 10.9. The van der Waals surface area contributed by atoms with Crippen LogP contribution in [0.1, 0.15) is 26.7 Å². The molecule has 1 saturated heterocycles. The summed E-state index contributed by atoms with van der Waals surface area (Å²) < 4.78 is 22.1. The van der Waals surface area contributed by atoms with Crippen molar-refractivity contribution in [2.24, 2.45) is 23.7 Å². The van der Waals surface area contributed by atoms with Crippen molar-refractivity contribution in [1.29, 1.82) is 0 Å². The zero-order valence-electron chi connectivity index (χ0n) is 18.2. The minimum absolute atomic E-state index is 0.0998. The molecule has 10 atom stereocenters. The average Bonchev–Trinajstić information content (AvgIpc) is 3.08. The van der Waals surface area contributed by atoms with E-state index in [-0.39, 0.29) is 31.5 Å². The molecular weight excluding hydrogens is 428 g/mol. The third kappa shape index (κ3) is 5.26. The van der Waals surface area contributed by atoms with Gasteiger partial charge in [0, 0.05) is 24.9 Å². The van der Waals surface area contributed by atoms with Crippen molar-refractivity contribution in [3.8, 4) is 0 Å². The molecule has 0 spiro atoms. The Balaban J connectivity index is 1.70. The quantitative estimate of drug-likeness (QED) is 0.225. The molecule has 2 fully saturated rings. The molecule has 32 heavy (non-hydrogen) atoms. The monoisotopic (exact) mass is 462 g/mol. The lowest BCUT2D eigenvalue weighted by atomic mass is 9.83. The molecule has 0 aromatic carbocycles. The van der Waals surface area contributed by atoms with Crippen LogP contribution in [0.5, 0.6) is 0 Å². The summed E-state index contributed by atoms with van der Waals surface area (Å²) in [4.78, 5) is 12.2. The van der Waals surface area contributed by atoms with Crippen LogP contribution < -0.4 is 0 Å². The Morgan fingerprint density at radius 3 is 2.44 bits per heavy atom. The van der Waals surface area contributed by atoms with Crippen LogP contribution in [-0.4, -0.2) is 99.5 Å². The molecule has 1 saturated carbocycles. The zero-order chi connectivity index (χ0) is 23.6. The minimum Gasteiger partial charge on any atom is -0.462 e. The van der Waals surface area contributed by atoms with Crippen molar-refractivity contribution in [2.45, 2.75) is 69.8 Å². The number of hydrogen-bond acceptors (Lipinski definition) is 11. The first-order chi connectivity index (χ1) is 15.2. The van der Waals surface area contributed by atoms with Gasteiger partial charge in [-0.3, -0.25) is 4.79 Å². The highest BCUT2D eigenvalue weighted by molar-refractivity contribution is 5.69. The fraction of sp³-hybridized carbons (Fsp3) is 0.857. The van der Waals surface area contributed by atoms with Gasteiger partial charge in [-0.1, -0.05) is 13.8 Å². The van der Waals surface area contributed by atoms with E-state index < -0.39 is 67.5 Å². The maximum Gasteiger partial charge on any atom is 0.309 e. The van der Waals surface area contributed by atoms with Crippen molar-refractivity contribution < 1.29 is 54.4 Å². The summed E-state index contributed by atoms with van der Waals surface area (Å²) >= 11 is 0. The second kappa shape index (κ2) is 10.7. The number of ether oxygens (including phenoxy) is 4. The molecule has 0 radical (unpaired) electrons. The van der Waals surface area contributed by atoms with Crippen molar-refractivity contribution in [2.75, 3.05) is 19.8 Å². The van der Waals surface area contributed by atoms with Gasteiger partial charge in [0.2, 0.25) is 6.29 Å². The third-order valence-corrected chi connectivity index (χ3v) is 6.39. The molecule has 0 aromatic rings. The number of rotatable bonds is 8. The molecule has 2 aliphatic heterocycles. The van der Waals surface area contributed by atoms with Crippen LogP contribution in [0.15, 0.2) is 11.8 Å². The van der Waals surface area contributed by atoms with Gasteiger partial charge < -0.3 is 49.6 Å². The largest absolute Gasteiger partial charge is 0.462 e. The Kier molecular flexibility index (Phi) is 8.50. The fourth-order valence-electron chi connectivity index (χ4n) is 4.65. The fourth-order valence-corrected chi connectivity index (χ4v) is 4.65. The molecule has 3 aliphatic rings. The lowest BCUT2D eigenvalue weighted by Crippen LogP contribution is -2.59. The molecule has 11 heteroatoms. The SMILES string of the molecule is CC(C)CC(=O)O[C@@H]1OC=C(CO[C@@H]2O[C@H](CO)[C@@H](O)[C@H](O)[C@H]2O)[C@H]2C[C@H](O)[C@H](CO)[C@@H]12. The first kappa shape index (κ1) is 25.3. The van der Waals surface area contributed by atoms with Gasteiger partial charge in [0.05, 0.1) is 25.6 Å². The van der Waals surface area contributed by atoms with E-state index in [1.807, 2.05) is 13.8 Å². The van der Waals surface area contributed by atoms with Gasteiger partial charge in [-0.2, -0.15) is 0 Å². The van der Waals surface area contributed by atoms with Crippen LogP contribution in [-0.2, 0) is 23.7 Å². The van der Waals surface area contributed by atoms with Crippen molar-refractivity contribution in [3.05, 3.63) is 11.8 Å². The van der Waals surface area contributed by atoms with Crippen LogP contribution in [0.2, 0.25) is 0 Å².